The van der Waals surface area contributed by atoms with Gasteiger partial charge in [-0.3, -0.25) is 4.79 Å². The zero-order chi connectivity index (χ0) is 18.1. The molecule has 0 spiro atoms. The number of carbonyl (C=O) groups is 1. The smallest absolute Gasteiger partial charge is 0.241 e. The summed E-state index contributed by atoms with van der Waals surface area (Å²) in [4.78, 5) is 15.1. The standard InChI is InChI=1S/C18H27N3O3S/c1-14(21-12-7-15-5-3-4-6-16(15)21)13-20-17(22)18(25(2,23)24)8-10-19-11-9-18/h3-6,14,19H,7-13H2,1-2H3,(H,20,22). The fourth-order valence-corrected chi connectivity index (χ4v) is 5.28. The molecule has 1 fully saturated rings. The van der Waals surface area contributed by atoms with E-state index >= 15 is 0 Å². The van der Waals surface area contributed by atoms with E-state index in [-0.39, 0.29) is 11.9 Å². The summed E-state index contributed by atoms with van der Waals surface area (Å²) in [7, 11) is -3.47. The molecule has 1 amide bonds. The van der Waals surface area contributed by atoms with Gasteiger partial charge >= 0.3 is 0 Å². The maximum Gasteiger partial charge on any atom is 0.241 e. The average Bonchev–Trinajstić information content (AvgIpc) is 3.03. The highest BCUT2D eigenvalue weighted by molar-refractivity contribution is 7.92. The van der Waals surface area contributed by atoms with Crippen LogP contribution in [0.1, 0.15) is 25.3 Å². The summed E-state index contributed by atoms with van der Waals surface area (Å²) in [5, 5.41) is 6.05. The Morgan fingerprint density at radius 3 is 2.68 bits per heavy atom. The second-order valence-corrected chi connectivity index (χ2v) is 9.47. The third-order valence-electron chi connectivity index (χ3n) is 5.55. The second-order valence-electron chi connectivity index (χ2n) is 7.15. The molecule has 1 aromatic carbocycles. The van der Waals surface area contributed by atoms with Crippen LogP contribution in [0.3, 0.4) is 0 Å². The van der Waals surface area contributed by atoms with Crippen molar-refractivity contribution in [2.75, 3.05) is 37.3 Å². The predicted octanol–water partition coefficient (Wildman–Crippen LogP) is 0.721. The Morgan fingerprint density at radius 2 is 2.00 bits per heavy atom. The van der Waals surface area contributed by atoms with E-state index in [4.69, 9.17) is 0 Å². The van der Waals surface area contributed by atoms with Crippen molar-refractivity contribution in [1.82, 2.24) is 10.6 Å². The van der Waals surface area contributed by atoms with Crippen molar-refractivity contribution in [2.24, 2.45) is 0 Å². The van der Waals surface area contributed by atoms with Crippen molar-refractivity contribution in [3.63, 3.8) is 0 Å². The molecule has 138 valence electrons. The molecule has 7 heteroatoms. The van der Waals surface area contributed by atoms with Gasteiger partial charge in [0.2, 0.25) is 5.91 Å². The molecule has 1 aromatic rings. The number of para-hydroxylation sites is 1. The van der Waals surface area contributed by atoms with Crippen LogP contribution in [-0.4, -0.2) is 57.5 Å². The number of hydrogen-bond donors (Lipinski definition) is 2. The molecule has 1 atom stereocenters. The molecule has 0 aliphatic carbocycles. The molecule has 1 saturated heterocycles. The van der Waals surface area contributed by atoms with Crippen LogP contribution >= 0.6 is 0 Å². The van der Waals surface area contributed by atoms with Gasteiger partial charge in [0, 0.05) is 31.1 Å². The Hall–Kier alpha value is -1.60. The first-order valence-corrected chi connectivity index (χ1v) is 10.8. The lowest BCUT2D eigenvalue weighted by Gasteiger charge is -2.35. The Bertz CT molecular complexity index is 742. The largest absolute Gasteiger partial charge is 0.366 e. The molecule has 2 N–H and O–H groups in total. The van der Waals surface area contributed by atoms with Gasteiger partial charge in [0.15, 0.2) is 14.6 Å². The number of carbonyl (C=O) groups excluding carboxylic acids is 1. The first-order valence-electron chi connectivity index (χ1n) is 8.88. The van der Waals surface area contributed by atoms with Gasteiger partial charge in [-0.15, -0.1) is 0 Å². The summed E-state index contributed by atoms with van der Waals surface area (Å²) < 4.78 is 23.3. The summed E-state index contributed by atoms with van der Waals surface area (Å²) in [5.74, 6) is -0.351. The molecule has 0 aromatic heterocycles. The number of amides is 1. The molecule has 1 unspecified atom stereocenters. The van der Waals surface area contributed by atoms with Gasteiger partial charge in [0.1, 0.15) is 0 Å². The van der Waals surface area contributed by atoms with Gasteiger partial charge in [-0.2, -0.15) is 0 Å². The molecular formula is C18H27N3O3S. The molecule has 2 aliphatic rings. The van der Waals surface area contributed by atoms with E-state index in [9.17, 15) is 13.2 Å². The molecule has 0 radical (unpaired) electrons. The monoisotopic (exact) mass is 365 g/mol. The number of rotatable bonds is 5. The summed E-state index contributed by atoms with van der Waals surface area (Å²) >= 11 is 0. The zero-order valence-electron chi connectivity index (χ0n) is 14.9. The van der Waals surface area contributed by atoms with Crippen molar-refractivity contribution in [1.29, 1.82) is 0 Å². The molecule has 3 rings (SSSR count). The van der Waals surface area contributed by atoms with E-state index < -0.39 is 14.6 Å². The predicted molar refractivity (Wildman–Crippen MR) is 99.6 cm³/mol. The fourth-order valence-electron chi connectivity index (χ4n) is 3.93. The van der Waals surface area contributed by atoms with Crippen LogP contribution in [-0.2, 0) is 21.1 Å². The number of benzene rings is 1. The van der Waals surface area contributed by atoms with Gasteiger partial charge in [0.05, 0.1) is 0 Å². The highest BCUT2D eigenvalue weighted by Crippen LogP contribution is 2.30. The van der Waals surface area contributed by atoms with Gasteiger partial charge in [-0.05, 0) is 50.9 Å². The Morgan fingerprint density at radius 1 is 1.32 bits per heavy atom. The number of sulfone groups is 1. The van der Waals surface area contributed by atoms with Crippen LogP contribution in [0, 0.1) is 0 Å². The topological polar surface area (TPSA) is 78.5 Å². The summed E-state index contributed by atoms with van der Waals surface area (Å²) in [6.45, 7) is 4.54. The van der Waals surface area contributed by atoms with Crippen LogP contribution in [0.2, 0.25) is 0 Å². The zero-order valence-corrected chi connectivity index (χ0v) is 15.7. The fraction of sp³-hybridized carbons (Fsp3) is 0.611. The molecule has 0 saturated carbocycles. The highest BCUT2D eigenvalue weighted by atomic mass is 32.2. The first-order chi connectivity index (χ1) is 11.8. The minimum atomic E-state index is -3.47. The van der Waals surface area contributed by atoms with E-state index in [2.05, 4.69) is 34.6 Å². The summed E-state index contributed by atoms with van der Waals surface area (Å²) in [5.41, 5.74) is 2.54. The molecule has 6 nitrogen and oxygen atoms in total. The molecule has 0 bridgehead atoms. The normalized spacial score (nSPS) is 20.8. The van der Waals surface area contributed by atoms with Gasteiger partial charge in [-0.25, -0.2) is 8.42 Å². The van der Waals surface area contributed by atoms with E-state index in [1.54, 1.807) is 0 Å². The number of nitrogens with zero attached hydrogens (tertiary/aromatic N) is 1. The number of piperidine rings is 1. The number of anilines is 1. The van der Waals surface area contributed by atoms with E-state index in [1.807, 2.05) is 12.1 Å². The minimum Gasteiger partial charge on any atom is -0.366 e. The molecule has 25 heavy (non-hydrogen) atoms. The SMILES string of the molecule is CC(CNC(=O)C1(S(C)(=O)=O)CCNCC1)N1CCc2ccccc21. The van der Waals surface area contributed by atoms with Gasteiger partial charge in [0.25, 0.3) is 0 Å². The minimum absolute atomic E-state index is 0.117. The highest BCUT2D eigenvalue weighted by Gasteiger charge is 2.48. The molecule has 2 aliphatic heterocycles. The van der Waals surface area contributed by atoms with E-state index in [0.717, 1.165) is 13.0 Å². The van der Waals surface area contributed by atoms with Crippen molar-refractivity contribution in [2.45, 2.75) is 37.0 Å². The Kier molecular flexibility index (Phi) is 5.06. The van der Waals surface area contributed by atoms with Gasteiger partial charge < -0.3 is 15.5 Å². The van der Waals surface area contributed by atoms with E-state index in [0.29, 0.717) is 32.5 Å². The maximum absolute atomic E-state index is 12.8. The second kappa shape index (κ2) is 6.96. The number of hydrogen-bond acceptors (Lipinski definition) is 5. The summed E-state index contributed by atoms with van der Waals surface area (Å²) in [6.07, 6.45) is 2.85. The lowest BCUT2D eigenvalue weighted by atomic mass is 9.95. The average molecular weight is 365 g/mol. The van der Waals surface area contributed by atoms with Crippen molar-refractivity contribution >= 4 is 21.4 Å². The number of nitrogens with one attached hydrogen (secondary N) is 2. The van der Waals surface area contributed by atoms with Crippen LogP contribution in [0.4, 0.5) is 5.69 Å². The van der Waals surface area contributed by atoms with Crippen LogP contribution in [0.25, 0.3) is 0 Å². The summed E-state index contributed by atoms with van der Waals surface area (Å²) in [6, 6.07) is 8.42. The lowest BCUT2D eigenvalue weighted by molar-refractivity contribution is -0.124. The van der Waals surface area contributed by atoms with Crippen molar-refractivity contribution in [3.05, 3.63) is 29.8 Å². The van der Waals surface area contributed by atoms with Crippen LogP contribution < -0.4 is 15.5 Å². The Labute approximate surface area is 149 Å². The molecule has 2 heterocycles. The van der Waals surface area contributed by atoms with Gasteiger partial charge in [-0.1, -0.05) is 18.2 Å². The quantitative estimate of drug-likeness (QED) is 0.804. The third kappa shape index (κ3) is 3.40. The van der Waals surface area contributed by atoms with Crippen LogP contribution in [0.15, 0.2) is 24.3 Å². The van der Waals surface area contributed by atoms with Crippen LogP contribution in [0.5, 0.6) is 0 Å². The first kappa shape index (κ1) is 18.2. The molecular weight excluding hydrogens is 338 g/mol. The van der Waals surface area contributed by atoms with E-state index in [1.165, 1.54) is 17.5 Å². The lowest BCUT2D eigenvalue weighted by Crippen LogP contribution is -2.58. The third-order valence-corrected chi connectivity index (χ3v) is 7.56. The maximum atomic E-state index is 12.8. The van der Waals surface area contributed by atoms with Crippen molar-refractivity contribution in [3.8, 4) is 0 Å². The van der Waals surface area contributed by atoms with Crippen molar-refractivity contribution < 1.29 is 13.2 Å². The number of fused-ring (bicyclic) bond motifs is 1. The Balaban J connectivity index is 1.67.